The van der Waals surface area contributed by atoms with Gasteiger partial charge in [-0.15, -0.1) is 0 Å². The fourth-order valence-corrected chi connectivity index (χ4v) is 1.60. The molecule has 0 amide bonds. The molecule has 0 saturated heterocycles. The molecule has 0 aromatic heterocycles. The van der Waals surface area contributed by atoms with Crippen molar-refractivity contribution in [2.24, 2.45) is 5.92 Å². The van der Waals surface area contributed by atoms with E-state index >= 15 is 0 Å². The highest BCUT2D eigenvalue weighted by atomic mass is 16.5. The van der Waals surface area contributed by atoms with Gasteiger partial charge < -0.3 is 4.74 Å². The first-order valence-corrected chi connectivity index (χ1v) is 5.46. The van der Waals surface area contributed by atoms with Crippen LogP contribution in [0.5, 0.6) is 5.75 Å². The fourth-order valence-electron chi connectivity index (χ4n) is 1.60. The molecule has 0 N–H and O–H groups in total. The molecular weight excluding hydrogens is 172 g/mol. The number of hydrogen-bond acceptors (Lipinski definition) is 1. The molecule has 0 aliphatic heterocycles. The fraction of sp³-hybridized carbons (Fsp3) is 0.538. The second-order valence-electron chi connectivity index (χ2n) is 4.35. The predicted molar refractivity (Wildman–Crippen MR) is 58.8 cm³/mol. The van der Waals surface area contributed by atoms with E-state index in [0.29, 0.717) is 0 Å². The molecule has 1 aromatic rings. The standard InChI is InChI=1S/C13H18O/c1-10-3-4-11(2)13(9-10)14-8-7-12-5-6-12/h3-4,9,12H,5-8H2,1-2H3. The lowest BCUT2D eigenvalue weighted by Gasteiger charge is -2.09. The molecule has 0 atom stereocenters. The lowest BCUT2D eigenvalue weighted by Crippen LogP contribution is -1.99. The maximum Gasteiger partial charge on any atom is 0.122 e. The molecule has 0 bridgehead atoms. The normalized spacial score (nSPS) is 15.6. The van der Waals surface area contributed by atoms with Crippen molar-refractivity contribution < 1.29 is 4.74 Å². The molecule has 1 fully saturated rings. The van der Waals surface area contributed by atoms with Gasteiger partial charge in [-0.2, -0.15) is 0 Å². The van der Waals surface area contributed by atoms with Crippen LogP contribution in [0.3, 0.4) is 0 Å². The predicted octanol–water partition coefficient (Wildman–Crippen LogP) is 3.48. The van der Waals surface area contributed by atoms with Crippen LogP contribution in [0.25, 0.3) is 0 Å². The van der Waals surface area contributed by atoms with Crippen molar-refractivity contribution in [2.45, 2.75) is 33.1 Å². The summed E-state index contributed by atoms with van der Waals surface area (Å²) in [6.07, 6.45) is 4.06. The van der Waals surface area contributed by atoms with Crippen LogP contribution >= 0.6 is 0 Å². The van der Waals surface area contributed by atoms with Crippen LogP contribution in [0.15, 0.2) is 18.2 Å². The highest BCUT2D eigenvalue weighted by Gasteiger charge is 2.20. The van der Waals surface area contributed by atoms with Crippen LogP contribution in [0.2, 0.25) is 0 Å². The zero-order chi connectivity index (χ0) is 9.97. The smallest absolute Gasteiger partial charge is 0.122 e. The summed E-state index contributed by atoms with van der Waals surface area (Å²) in [5, 5.41) is 0. The summed E-state index contributed by atoms with van der Waals surface area (Å²) in [6, 6.07) is 6.38. The van der Waals surface area contributed by atoms with E-state index in [0.717, 1.165) is 18.3 Å². The van der Waals surface area contributed by atoms with E-state index in [-0.39, 0.29) is 0 Å². The number of ether oxygens (including phenoxy) is 1. The van der Waals surface area contributed by atoms with Crippen molar-refractivity contribution in [2.75, 3.05) is 6.61 Å². The summed E-state index contributed by atoms with van der Waals surface area (Å²) in [6.45, 7) is 5.09. The highest BCUT2D eigenvalue weighted by molar-refractivity contribution is 5.35. The first kappa shape index (κ1) is 9.57. The van der Waals surface area contributed by atoms with Gasteiger partial charge in [0.05, 0.1) is 6.61 Å². The van der Waals surface area contributed by atoms with Crippen LogP contribution in [-0.2, 0) is 0 Å². The average Bonchev–Trinajstić information content (AvgIpc) is 2.95. The van der Waals surface area contributed by atoms with Gasteiger partial charge in [-0.1, -0.05) is 25.0 Å². The van der Waals surface area contributed by atoms with E-state index in [1.807, 2.05) is 0 Å². The van der Waals surface area contributed by atoms with E-state index < -0.39 is 0 Å². The Labute approximate surface area is 86.1 Å². The number of aryl methyl sites for hydroxylation is 2. The van der Waals surface area contributed by atoms with Crippen molar-refractivity contribution >= 4 is 0 Å². The first-order valence-electron chi connectivity index (χ1n) is 5.46. The Morgan fingerprint density at radius 1 is 1.29 bits per heavy atom. The lowest BCUT2D eigenvalue weighted by molar-refractivity contribution is 0.300. The Hall–Kier alpha value is -0.980. The van der Waals surface area contributed by atoms with Crippen molar-refractivity contribution in [3.05, 3.63) is 29.3 Å². The van der Waals surface area contributed by atoms with E-state index in [9.17, 15) is 0 Å². The molecule has 1 heteroatoms. The molecule has 1 aromatic carbocycles. The van der Waals surface area contributed by atoms with Gasteiger partial charge in [0.25, 0.3) is 0 Å². The topological polar surface area (TPSA) is 9.23 Å². The first-order chi connectivity index (χ1) is 6.75. The van der Waals surface area contributed by atoms with Crippen molar-refractivity contribution in [3.63, 3.8) is 0 Å². The third-order valence-electron chi connectivity index (χ3n) is 2.82. The van der Waals surface area contributed by atoms with Gasteiger partial charge in [0.2, 0.25) is 0 Å². The monoisotopic (exact) mass is 190 g/mol. The molecule has 0 radical (unpaired) electrons. The molecule has 1 saturated carbocycles. The number of hydrogen-bond donors (Lipinski definition) is 0. The Kier molecular flexibility index (Phi) is 2.76. The van der Waals surface area contributed by atoms with E-state index in [4.69, 9.17) is 4.74 Å². The molecule has 2 rings (SSSR count). The quantitative estimate of drug-likeness (QED) is 0.706. The molecule has 1 nitrogen and oxygen atoms in total. The molecular formula is C13H18O. The molecule has 1 aliphatic rings. The zero-order valence-electron chi connectivity index (χ0n) is 9.05. The van der Waals surface area contributed by atoms with Gasteiger partial charge in [-0.25, -0.2) is 0 Å². The van der Waals surface area contributed by atoms with Crippen molar-refractivity contribution in [1.82, 2.24) is 0 Å². The SMILES string of the molecule is Cc1ccc(C)c(OCCC2CC2)c1. The van der Waals surface area contributed by atoms with Gasteiger partial charge in [-0.3, -0.25) is 0 Å². The summed E-state index contributed by atoms with van der Waals surface area (Å²) < 4.78 is 5.77. The van der Waals surface area contributed by atoms with Gasteiger partial charge in [0.1, 0.15) is 5.75 Å². The molecule has 76 valence electrons. The van der Waals surface area contributed by atoms with Gasteiger partial charge >= 0.3 is 0 Å². The summed E-state index contributed by atoms with van der Waals surface area (Å²) >= 11 is 0. The largest absolute Gasteiger partial charge is 0.493 e. The maximum atomic E-state index is 5.77. The van der Waals surface area contributed by atoms with Crippen LogP contribution < -0.4 is 4.74 Å². The van der Waals surface area contributed by atoms with Gasteiger partial charge in [0, 0.05) is 0 Å². The van der Waals surface area contributed by atoms with E-state index in [1.54, 1.807) is 0 Å². The molecule has 0 unspecified atom stereocenters. The van der Waals surface area contributed by atoms with E-state index in [1.165, 1.54) is 30.4 Å². The zero-order valence-corrected chi connectivity index (χ0v) is 9.05. The van der Waals surface area contributed by atoms with Gasteiger partial charge in [-0.05, 0) is 43.4 Å². The van der Waals surface area contributed by atoms with Crippen molar-refractivity contribution in [1.29, 1.82) is 0 Å². The summed E-state index contributed by atoms with van der Waals surface area (Å²) in [5.41, 5.74) is 2.52. The van der Waals surface area contributed by atoms with Crippen LogP contribution in [0.4, 0.5) is 0 Å². The minimum Gasteiger partial charge on any atom is -0.493 e. The number of benzene rings is 1. The van der Waals surface area contributed by atoms with Crippen LogP contribution in [-0.4, -0.2) is 6.61 Å². The lowest BCUT2D eigenvalue weighted by atomic mass is 10.1. The minimum absolute atomic E-state index is 0.884. The Bertz CT molecular complexity index is 313. The van der Waals surface area contributed by atoms with E-state index in [2.05, 4.69) is 32.0 Å². The molecule has 1 aliphatic carbocycles. The third-order valence-corrected chi connectivity index (χ3v) is 2.82. The Morgan fingerprint density at radius 2 is 2.07 bits per heavy atom. The number of rotatable bonds is 4. The minimum atomic E-state index is 0.884. The second-order valence-corrected chi connectivity index (χ2v) is 4.35. The maximum absolute atomic E-state index is 5.77. The highest BCUT2D eigenvalue weighted by Crippen LogP contribution is 2.32. The third kappa shape index (κ3) is 2.50. The molecule has 0 heterocycles. The van der Waals surface area contributed by atoms with Crippen LogP contribution in [0.1, 0.15) is 30.4 Å². The average molecular weight is 190 g/mol. The summed E-state index contributed by atoms with van der Waals surface area (Å²) in [4.78, 5) is 0. The molecule has 14 heavy (non-hydrogen) atoms. The molecule has 0 spiro atoms. The Morgan fingerprint density at radius 3 is 2.79 bits per heavy atom. The summed E-state index contributed by atoms with van der Waals surface area (Å²) in [7, 11) is 0. The van der Waals surface area contributed by atoms with Crippen LogP contribution in [0, 0.1) is 19.8 Å². The Balaban J connectivity index is 1.89. The van der Waals surface area contributed by atoms with Gasteiger partial charge in [0.15, 0.2) is 0 Å². The van der Waals surface area contributed by atoms with Crippen molar-refractivity contribution in [3.8, 4) is 5.75 Å². The summed E-state index contributed by atoms with van der Waals surface area (Å²) in [5.74, 6) is 2.02. The second kappa shape index (κ2) is 4.04.